The van der Waals surface area contributed by atoms with E-state index in [2.05, 4.69) is 31.6 Å². The first-order valence-electron chi connectivity index (χ1n) is 10.5. The molecule has 0 saturated heterocycles. The molecular formula is C24H21BrClFN4O2S. The van der Waals surface area contributed by atoms with Gasteiger partial charge in [0, 0.05) is 15.6 Å². The van der Waals surface area contributed by atoms with Gasteiger partial charge in [0.25, 0.3) is 0 Å². The quantitative estimate of drug-likeness (QED) is 0.217. The number of halogens is 3. The molecular weight excluding hydrogens is 543 g/mol. The molecule has 0 aliphatic heterocycles. The Balaban J connectivity index is 1.56. The highest BCUT2D eigenvalue weighted by Crippen LogP contribution is 2.35. The van der Waals surface area contributed by atoms with E-state index in [1.54, 1.807) is 22.9 Å². The Morgan fingerprint density at radius 3 is 2.62 bits per heavy atom. The summed E-state index contributed by atoms with van der Waals surface area (Å²) in [5, 5.41) is 7.47. The number of nitrogens with one attached hydrogen (secondary N) is 2. The maximum atomic E-state index is 14.1. The van der Waals surface area contributed by atoms with Gasteiger partial charge < -0.3 is 14.9 Å². The summed E-state index contributed by atoms with van der Waals surface area (Å²) in [5.74, 6) is 1.26. The third-order valence-electron chi connectivity index (χ3n) is 4.98. The zero-order valence-electron chi connectivity index (χ0n) is 18.1. The van der Waals surface area contributed by atoms with E-state index in [4.69, 9.17) is 33.3 Å². The first-order chi connectivity index (χ1) is 16.5. The molecule has 4 aromatic rings. The summed E-state index contributed by atoms with van der Waals surface area (Å²) in [7, 11) is 0. The lowest BCUT2D eigenvalue weighted by molar-refractivity contribution is 0.265. The fraction of sp³-hybridized carbons (Fsp3) is 0.167. The minimum Gasteiger partial charge on any atom is -0.490 e. The van der Waals surface area contributed by atoms with Crippen molar-refractivity contribution in [2.75, 3.05) is 12.0 Å². The monoisotopic (exact) mass is 562 g/mol. The van der Waals surface area contributed by atoms with Gasteiger partial charge in [0.2, 0.25) is 4.77 Å². The lowest BCUT2D eigenvalue weighted by Gasteiger charge is -2.17. The van der Waals surface area contributed by atoms with Crippen LogP contribution in [0.15, 0.2) is 65.1 Å². The second-order valence-corrected chi connectivity index (χ2v) is 8.85. The average Bonchev–Trinajstić information content (AvgIpc) is 3.20. The van der Waals surface area contributed by atoms with Crippen LogP contribution in [-0.4, -0.2) is 21.5 Å². The van der Waals surface area contributed by atoms with Gasteiger partial charge in [-0.25, -0.2) is 14.2 Å². The molecule has 0 aliphatic carbocycles. The van der Waals surface area contributed by atoms with Gasteiger partial charge in [0.15, 0.2) is 17.3 Å². The van der Waals surface area contributed by atoms with E-state index < -0.39 is 5.82 Å². The summed E-state index contributed by atoms with van der Waals surface area (Å²) in [5.41, 5.74) is 5.42. The number of hydrogen-bond acceptors (Lipinski definition) is 5. The van der Waals surface area contributed by atoms with Gasteiger partial charge in [0.05, 0.1) is 18.2 Å². The third kappa shape index (κ3) is 5.43. The van der Waals surface area contributed by atoms with Crippen LogP contribution < -0.4 is 14.9 Å². The van der Waals surface area contributed by atoms with Crippen molar-refractivity contribution in [1.29, 1.82) is 0 Å². The van der Waals surface area contributed by atoms with Crippen LogP contribution in [0, 0.1) is 10.6 Å². The number of H-pyrrole nitrogens is 1. The SMILES string of the molecule is CCOc1cc(CNn2c(-c3ccccc3)n[nH]c2=S)c(Br)cc1OCc1c(F)cccc1Cl. The molecule has 0 saturated carbocycles. The summed E-state index contributed by atoms with van der Waals surface area (Å²) in [6.07, 6.45) is 0. The standard InChI is InChI=1S/C24H21BrClFN4O2S/c1-2-32-21-11-16(13-28-31-23(29-30-24(31)34)15-7-4-3-5-8-15)18(25)12-22(21)33-14-17-19(26)9-6-10-20(17)27/h3-12,28H,2,13-14H2,1H3,(H,30,34). The second kappa shape index (κ2) is 11.0. The molecule has 176 valence electrons. The van der Waals surface area contributed by atoms with Gasteiger partial charge in [-0.3, -0.25) is 0 Å². The predicted molar refractivity (Wildman–Crippen MR) is 137 cm³/mol. The van der Waals surface area contributed by atoms with Crippen molar-refractivity contribution in [2.24, 2.45) is 0 Å². The molecule has 0 unspecified atom stereocenters. The smallest absolute Gasteiger partial charge is 0.214 e. The van der Waals surface area contributed by atoms with Crippen LogP contribution in [0.1, 0.15) is 18.1 Å². The molecule has 0 atom stereocenters. The maximum Gasteiger partial charge on any atom is 0.214 e. The largest absolute Gasteiger partial charge is 0.490 e. The summed E-state index contributed by atoms with van der Waals surface area (Å²) in [6.45, 7) is 2.72. The van der Waals surface area contributed by atoms with Gasteiger partial charge in [-0.05, 0) is 49.0 Å². The van der Waals surface area contributed by atoms with E-state index in [0.29, 0.717) is 40.3 Å². The zero-order valence-corrected chi connectivity index (χ0v) is 21.3. The topological polar surface area (TPSA) is 64.1 Å². The summed E-state index contributed by atoms with van der Waals surface area (Å²) in [6, 6.07) is 17.9. The van der Waals surface area contributed by atoms with Crippen molar-refractivity contribution in [1.82, 2.24) is 14.9 Å². The number of hydrogen-bond donors (Lipinski definition) is 2. The van der Waals surface area contributed by atoms with E-state index >= 15 is 0 Å². The predicted octanol–water partition coefficient (Wildman–Crippen LogP) is 6.88. The van der Waals surface area contributed by atoms with Crippen molar-refractivity contribution in [3.8, 4) is 22.9 Å². The highest BCUT2D eigenvalue weighted by Gasteiger charge is 2.15. The normalized spacial score (nSPS) is 10.8. The highest BCUT2D eigenvalue weighted by molar-refractivity contribution is 9.10. The van der Waals surface area contributed by atoms with E-state index in [1.165, 1.54) is 6.07 Å². The Bertz CT molecular complexity index is 1330. The number of ether oxygens (including phenoxy) is 2. The number of rotatable bonds is 9. The molecule has 0 radical (unpaired) electrons. The fourth-order valence-electron chi connectivity index (χ4n) is 3.30. The lowest BCUT2D eigenvalue weighted by Crippen LogP contribution is -2.16. The molecule has 0 spiro atoms. The van der Waals surface area contributed by atoms with Gasteiger partial charge in [0.1, 0.15) is 12.4 Å². The Morgan fingerprint density at radius 1 is 1.12 bits per heavy atom. The second-order valence-electron chi connectivity index (χ2n) is 7.20. The van der Waals surface area contributed by atoms with Gasteiger partial charge in [-0.15, -0.1) is 0 Å². The molecule has 3 aromatic carbocycles. The van der Waals surface area contributed by atoms with Crippen LogP contribution in [0.4, 0.5) is 4.39 Å². The minimum atomic E-state index is -0.420. The number of benzene rings is 3. The Kier molecular flexibility index (Phi) is 7.87. The molecule has 10 heteroatoms. The fourth-order valence-corrected chi connectivity index (χ4v) is 4.18. The molecule has 4 rings (SSSR count). The van der Waals surface area contributed by atoms with E-state index in [0.717, 1.165) is 15.6 Å². The van der Waals surface area contributed by atoms with Gasteiger partial charge in [-0.1, -0.05) is 63.9 Å². The molecule has 0 bridgehead atoms. The van der Waals surface area contributed by atoms with Crippen molar-refractivity contribution in [3.63, 3.8) is 0 Å². The Morgan fingerprint density at radius 2 is 1.88 bits per heavy atom. The van der Waals surface area contributed by atoms with Crippen LogP contribution in [0.3, 0.4) is 0 Å². The highest BCUT2D eigenvalue weighted by atomic mass is 79.9. The minimum absolute atomic E-state index is 0.0275. The Hall–Kier alpha value is -2.88. The lowest BCUT2D eigenvalue weighted by atomic mass is 10.2. The van der Waals surface area contributed by atoms with E-state index in [1.807, 2.05) is 43.3 Å². The van der Waals surface area contributed by atoms with Crippen molar-refractivity contribution >= 4 is 39.7 Å². The average molecular weight is 564 g/mol. The van der Waals surface area contributed by atoms with Gasteiger partial charge >= 0.3 is 0 Å². The van der Waals surface area contributed by atoms with E-state index in [9.17, 15) is 4.39 Å². The summed E-state index contributed by atoms with van der Waals surface area (Å²) in [4.78, 5) is 0. The third-order valence-corrected chi connectivity index (χ3v) is 6.34. The molecule has 0 aliphatic rings. The number of nitrogens with zero attached hydrogens (tertiary/aromatic N) is 2. The maximum absolute atomic E-state index is 14.1. The molecule has 1 aromatic heterocycles. The van der Waals surface area contributed by atoms with Crippen LogP contribution in [0.25, 0.3) is 11.4 Å². The Labute approximate surface area is 214 Å². The molecule has 2 N–H and O–H groups in total. The number of aromatic amines is 1. The van der Waals surface area contributed by atoms with Crippen LogP contribution >= 0.6 is 39.7 Å². The van der Waals surface area contributed by atoms with Crippen molar-refractivity contribution in [3.05, 3.63) is 91.9 Å². The first kappa shape index (κ1) is 24.3. The molecule has 6 nitrogen and oxygen atoms in total. The van der Waals surface area contributed by atoms with Crippen molar-refractivity contribution < 1.29 is 13.9 Å². The summed E-state index contributed by atoms with van der Waals surface area (Å²) >= 11 is 15.1. The molecule has 0 amide bonds. The van der Waals surface area contributed by atoms with Crippen LogP contribution in [-0.2, 0) is 13.2 Å². The van der Waals surface area contributed by atoms with E-state index in [-0.39, 0.29) is 12.2 Å². The molecule has 1 heterocycles. The van der Waals surface area contributed by atoms with Gasteiger partial charge in [-0.2, -0.15) is 5.10 Å². The first-order valence-corrected chi connectivity index (χ1v) is 12.0. The number of aromatic nitrogens is 3. The molecule has 34 heavy (non-hydrogen) atoms. The summed E-state index contributed by atoms with van der Waals surface area (Å²) < 4.78 is 28.8. The zero-order chi connectivity index (χ0) is 24.1. The molecule has 0 fully saturated rings. The van der Waals surface area contributed by atoms with Crippen molar-refractivity contribution in [2.45, 2.75) is 20.1 Å². The van der Waals surface area contributed by atoms with Crippen LogP contribution in [0.5, 0.6) is 11.5 Å². The van der Waals surface area contributed by atoms with Crippen LogP contribution in [0.2, 0.25) is 5.02 Å².